The highest BCUT2D eigenvalue weighted by molar-refractivity contribution is 5.71. The first-order valence-corrected chi connectivity index (χ1v) is 8.13. The minimum Gasteiger partial charge on any atom is -0.361 e. The van der Waals surface area contributed by atoms with Gasteiger partial charge in [0.1, 0.15) is 6.33 Å². The zero-order chi connectivity index (χ0) is 15.4. The molecular weight excluding hydrogens is 290 g/mol. The van der Waals surface area contributed by atoms with E-state index in [1.165, 1.54) is 23.5 Å². The van der Waals surface area contributed by atoms with Gasteiger partial charge in [-0.2, -0.15) is 4.98 Å². The topological polar surface area (TPSA) is 60.0 Å². The van der Waals surface area contributed by atoms with Crippen LogP contribution in [0.15, 0.2) is 35.1 Å². The third-order valence-corrected chi connectivity index (χ3v) is 4.81. The molecule has 0 saturated carbocycles. The summed E-state index contributed by atoms with van der Waals surface area (Å²) in [5.41, 5.74) is 4.46. The van der Waals surface area contributed by atoms with E-state index in [9.17, 15) is 0 Å². The van der Waals surface area contributed by atoms with Gasteiger partial charge in [-0.15, -0.1) is 0 Å². The van der Waals surface area contributed by atoms with Crippen molar-refractivity contribution in [2.75, 3.05) is 11.4 Å². The molecule has 3 aromatic rings. The van der Waals surface area contributed by atoms with Crippen molar-refractivity contribution >= 4 is 5.69 Å². The maximum absolute atomic E-state index is 5.45. The molecule has 4 heterocycles. The molecule has 116 valence electrons. The number of fused-ring (bicyclic) bond motifs is 6. The van der Waals surface area contributed by atoms with Crippen LogP contribution in [0.1, 0.15) is 37.3 Å². The summed E-state index contributed by atoms with van der Waals surface area (Å²) in [5.74, 6) is 1.25. The third kappa shape index (κ3) is 1.72. The van der Waals surface area contributed by atoms with Crippen LogP contribution in [0, 0.1) is 0 Å². The molecule has 1 saturated heterocycles. The lowest BCUT2D eigenvalue weighted by Crippen LogP contribution is -2.29. The summed E-state index contributed by atoms with van der Waals surface area (Å²) in [7, 11) is 0. The lowest BCUT2D eigenvalue weighted by atomic mass is 10.0. The number of imidazole rings is 1. The molecule has 6 heteroatoms. The van der Waals surface area contributed by atoms with E-state index in [-0.39, 0.29) is 0 Å². The van der Waals surface area contributed by atoms with E-state index in [1.54, 1.807) is 0 Å². The Morgan fingerprint density at radius 3 is 2.96 bits per heavy atom. The maximum Gasteiger partial charge on any atom is 0.278 e. The van der Waals surface area contributed by atoms with Crippen LogP contribution in [0.25, 0.3) is 17.3 Å². The van der Waals surface area contributed by atoms with Crippen LogP contribution in [0.3, 0.4) is 0 Å². The fraction of sp³-hybridized carbons (Fsp3) is 0.353. The van der Waals surface area contributed by atoms with Gasteiger partial charge < -0.3 is 9.42 Å². The fourth-order valence-corrected chi connectivity index (χ4v) is 3.78. The lowest BCUT2D eigenvalue weighted by Gasteiger charge is -2.34. The molecule has 1 atom stereocenters. The number of benzene rings is 1. The summed E-state index contributed by atoms with van der Waals surface area (Å²) in [6.45, 7) is 3.10. The molecule has 2 aliphatic rings. The normalized spacial score (nSPS) is 18.7. The van der Waals surface area contributed by atoms with Crippen molar-refractivity contribution in [3.8, 4) is 17.3 Å². The first-order valence-electron chi connectivity index (χ1n) is 8.13. The van der Waals surface area contributed by atoms with Crippen LogP contribution >= 0.6 is 0 Å². The number of anilines is 1. The molecule has 1 aromatic carbocycles. The minimum absolute atomic E-state index is 0.333. The predicted octanol–water partition coefficient (Wildman–Crippen LogP) is 3.14. The standard InChI is InChI=1S/C17H17N5O/c1-2-14-19-17(23-20-14)15-16-13-8-5-9-21(13)11-6-3-4-7-12(11)22(16)10-18-15/h3-4,6-7,10,13H,2,5,8-9H2,1H3. The van der Waals surface area contributed by atoms with Gasteiger partial charge in [0.25, 0.3) is 5.89 Å². The summed E-state index contributed by atoms with van der Waals surface area (Å²) >= 11 is 0. The van der Waals surface area contributed by atoms with Gasteiger partial charge in [0.2, 0.25) is 0 Å². The average Bonchev–Trinajstić information content (AvgIpc) is 3.32. The second-order valence-electron chi connectivity index (χ2n) is 6.06. The number of nitrogens with zero attached hydrogens (tertiary/aromatic N) is 5. The Hall–Kier alpha value is -2.63. The molecule has 5 rings (SSSR count). The Labute approximate surface area is 133 Å². The predicted molar refractivity (Wildman–Crippen MR) is 85.6 cm³/mol. The number of aromatic nitrogens is 4. The van der Waals surface area contributed by atoms with Crippen LogP contribution in [-0.2, 0) is 6.42 Å². The van der Waals surface area contributed by atoms with Crippen molar-refractivity contribution in [2.24, 2.45) is 0 Å². The van der Waals surface area contributed by atoms with E-state index in [1.807, 2.05) is 13.3 Å². The smallest absolute Gasteiger partial charge is 0.278 e. The van der Waals surface area contributed by atoms with Gasteiger partial charge in [0.05, 0.1) is 23.1 Å². The van der Waals surface area contributed by atoms with Crippen LogP contribution < -0.4 is 4.90 Å². The van der Waals surface area contributed by atoms with Gasteiger partial charge in [0.15, 0.2) is 11.5 Å². The summed E-state index contributed by atoms with van der Waals surface area (Å²) in [6, 6.07) is 8.84. The highest BCUT2D eigenvalue weighted by atomic mass is 16.5. The van der Waals surface area contributed by atoms with Gasteiger partial charge in [0, 0.05) is 13.0 Å². The summed E-state index contributed by atoms with van der Waals surface area (Å²) < 4.78 is 7.63. The summed E-state index contributed by atoms with van der Waals surface area (Å²) in [6.07, 6.45) is 4.96. The van der Waals surface area contributed by atoms with Crippen LogP contribution in [0.5, 0.6) is 0 Å². The second kappa shape index (κ2) is 4.68. The Balaban J connectivity index is 1.73. The summed E-state index contributed by atoms with van der Waals surface area (Å²) in [4.78, 5) is 11.6. The zero-order valence-electron chi connectivity index (χ0n) is 12.9. The zero-order valence-corrected chi connectivity index (χ0v) is 12.9. The molecule has 0 spiro atoms. The molecule has 2 aromatic heterocycles. The maximum atomic E-state index is 5.45. The molecule has 0 N–H and O–H groups in total. The number of hydrogen-bond donors (Lipinski definition) is 0. The van der Waals surface area contributed by atoms with Crippen molar-refractivity contribution in [3.05, 3.63) is 42.1 Å². The number of hydrogen-bond acceptors (Lipinski definition) is 5. The lowest BCUT2D eigenvalue weighted by molar-refractivity contribution is 0.421. The van der Waals surface area contributed by atoms with Crippen molar-refractivity contribution in [1.29, 1.82) is 0 Å². The van der Waals surface area contributed by atoms with Crippen molar-refractivity contribution in [2.45, 2.75) is 32.2 Å². The highest BCUT2D eigenvalue weighted by Crippen LogP contribution is 2.46. The monoisotopic (exact) mass is 307 g/mol. The Bertz CT molecular complexity index is 881. The van der Waals surface area contributed by atoms with Gasteiger partial charge >= 0.3 is 0 Å². The van der Waals surface area contributed by atoms with E-state index in [2.05, 4.69) is 48.9 Å². The molecule has 1 fully saturated rings. The van der Waals surface area contributed by atoms with E-state index in [4.69, 9.17) is 4.52 Å². The molecule has 2 aliphatic heterocycles. The van der Waals surface area contributed by atoms with Gasteiger partial charge in [-0.25, -0.2) is 4.98 Å². The number of para-hydroxylation sites is 2. The second-order valence-corrected chi connectivity index (χ2v) is 6.06. The molecule has 0 aliphatic carbocycles. The largest absolute Gasteiger partial charge is 0.361 e. The van der Waals surface area contributed by atoms with Crippen molar-refractivity contribution < 1.29 is 4.52 Å². The SMILES string of the molecule is CCc1noc(-c2ncn3c2C2CCCN2c2ccccc2-3)n1. The first kappa shape index (κ1) is 12.9. The molecule has 0 bridgehead atoms. The van der Waals surface area contributed by atoms with Crippen LogP contribution in [0.4, 0.5) is 5.69 Å². The van der Waals surface area contributed by atoms with E-state index in [0.717, 1.165) is 30.9 Å². The molecule has 0 radical (unpaired) electrons. The van der Waals surface area contributed by atoms with Gasteiger partial charge in [-0.05, 0) is 25.0 Å². The quantitative estimate of drug-likeness (QED) is 0.728. The van der Waals surface area contributed by atoms with Crippen LogP contribution in [0.2, 0.25) is 0 Å². The van der Waals surface area contributed by atoms with Gasteiger partial charge in [-0.3, -0.25) is 4.57 Å². The Morgan fingerprint density at radius 2 is 2.13 bits per heavy atom. The summed E-state index contributed by atoms with van der Waals surface area (Å²) in [5, 5.41) is 4.02. The van der Waals surface area contributed by atoms with E-state index in [0.29, 0.717) is 11.9 Å². The molecular formula is C17H17N5O. The molecule has 1 unspecified atom stereocenters. The van der Waals surface area contributed by atoms with E-state index < -0.39 is 0 Å². The number of rotatable bonds is 2. The molecule has 6 nitrogen and oxygen atoms in total. The fourth-order valence-electron chi connectivity index (χ4n) is 3.78. The average molecular weight is 307 g/mol. The van der Waals surface area contributed by atoms with E-state index >= 15 is 0 Å². The third-order valence-electron chi connectivity index (χ3n) is 4.81. The number of aryl methyl sites for hydroxylation is 1. The van der Waals surface area contributed by atoms with Crippen molar-refractivity contribution in [1.82, 2.24) is 19.7 Å². The Kier molecular flexibility index (Phi) is 2.62. The minimum atomic E-state index is 0.333. The van der Waals surface area contributed by atoms with Crippen LogP contribution in [-0.4, -0.2) is 26.2 Å². The first-order chi connectivity index (χ1) is 11.4. The van der Waals surface area contributed by atoms with Crippen molar-refractivity contribution in [3.63, 3.8) is 0 Å². The molecule has 23 heavy (non-hydrogen) atoms. The van der Waals surface area contributed by atoms with Gasteiger partial charge in [-0.1, -0.05) is 24.2 Å². The highest BCUT2D eigenvalue weighted by Gasteiger charge is 2.38. The Morgan fingerprint density at radius 1 is 1.26 bits per heavy atom. The molecule has 0 amide bonds.